The molecule has 0 saturated carbocycles. The van der Waals surface area contributed by atoms with Crippen molar-refractivity contribution in [1.82, 2.24) is 0 Å². The molecule has 0 aromatic heterocycles. The normalized spacial score (nSPS) is 11.1. The third-order valence-corrected chi connectivity index (χ3v) is 9.14. The fraction of sp³-hybridized carbons (Fsp3) is 0.226. The number of benzene rings is 4. The van der Waals surface area contributed by atoms with Gasteiger partial charge < -0.3 is 0 Å². The van der Waals surface area contributed by atoms with Gasteiger partial charge in [-0.2, -0.15) is 0 Å². The van der Waals surface area contributed by atoms with E-state index in [0.717, 1.165) is 12.8 Å². The molecule has 0 radical (unpaired) electrons. The van der Waals surface area contributed by atoms with Crippen LogP contribution in [0.25, 0.3) is 11.1 Å². The van der Waals surface area contributed by atoms with Crippen molar-refractivity contribution in [3.63, 3.8) is 0 Å². The molecule has 0 nitrogen and oxygen atoms in total. The zero-order valence-electron chi connectivity index (χ0n) is 19.6. The Bertz CT molecular complexity index is 1180. The third kappa shape index (κ3) is 5.89. The predicted molar refractivity (Wildman–Crippen MR) is 134 cm³/mol. The molecule has 0 amide bonds. The molecule has 0 saturated heterocycles. The van der Waals surface area contributed by atoms with Gasteiger partial charge in [-0.3, -0.25) is 0 Å². The summed E-state index contributed by atoms with van der Waals surface area (Å²) >= 11 is 0.0489. The molecule has 0 bridgehead atoms. The van der Waals surface area contributed by atoms with Gasteiger partial charge in [-0.15, -0.1) is 0 Å². The van der Waals surface area contributed by atoms with E-state index in [1.165, 1.54) is 58.1 Å². The molecule has 0 spiro atoms. The Morgan fingerprint density at radius 1 is 0.531 bits per heavy atom. The number of hydrogen-bond acceptors (Lipinski definition) is 0. The molecule has 0 fully saturated rings. The van der Waals surface area contributed by atoms with Crippen molar-refractivity contribution in [2.24, 2.45) is 0 Å². The quantitative estimate of drug-likeness (QED) is 0.237. The zero-order chi connectivity index (χ0) is 22.5. The summed E-state index contributed by atoms with van der Waals surface area (Å²) in [4.78, 5) is 0. The van der Waals surface area contributed by atoms with Gasteiger partial charge in [-0.1, -0.05) is 18.2 Å². The number of aryl methyl sites for hydroxylation is 6. The number of alkyl halides is 1. The van der Waals surface area contributed by atoms with E-state index in [-0.39, 0.29) is 21.2 Å². The maximum atomic E-state index is 2.34. The summed E-state index contributed by atoms with van der Waals surface area (Å²) < 4.78 is 2.74. The van der Waals surface area contributed by atoms with E-state index in [0.29, 0.717) is 0 Å². The molecule has 1 heteroatoms. The van der Waals surface area contributed by atoms with E-state index in [9.17, 15) is 0 Å². The van der Waals surface area contributed by atoms with Crippen molar-refractivity contribution in [1.29, 1.82) is 0 Å². The molecule has 0 heterocycles. The number of halogens is 1. The van der Waals surface area contributed by atoms with Gasteiger partial charge >= 0.3 is 162 Å². The van der Waals surface area contributed by atoms with Crippen LogP contribution in [0.1, 0.15) is 38.9 Å². The van der Waals surface area contributed by atoms with Crippen LogP contribution >= 0.6 is 0 Å². The molecule has 0 aliphatic carbocycles. The SMILES string of the molecule is Cc1ccc([I-]Cc2ccc(CCc3ccc(-c4ccc(C)c(C)c4)cc3C)cc2)cc1. The van der Waals surface area contributed by atoms with Gasteiger partial charge in [0.2, 0.25) is 0 Å². The number of rotatable bonds is 7. The van der Waals surface area contributed by atoms with Gasteiger partial charge in [-0.05, 0) is 25.0 Å². The van der Waals surface area contributed by atoms with Gasteiger partial charge in [0.1, 0.15) is 0 Å². The molecule has 4 aromatic carbocycles. The van der Waals surface area contributed by atoms with E-state index < -0.39 is 0 Å². The standard InChI is InChI=1S/C31H32I/c1-22-5-17-31(18-6-22)32-21-27-10-8-26(9-11-27)12-14-28-15-16-30(20-25(28)4)29-13-7-23(2)24(3)19-29/h5-11,13,15-20H,12,14,21H2,1-4H3/q-1. The molecule has 4 aromatic rings. The summed E-state index contributed by atoms with van der Waals surface area (Å²) in [6, 6.07) is 32.1. The maximum absolute atomic E-state index is 2.34. The van der Waals surface area contributed by atoms with E-state index in [1.54, 1.807) is 0 Å². The summed E-state index contributed by atoms with van der Waals surface area (Å²) in [5.41, 5.74) is 12.4. The van der Waals surface area contributed by atoms with Crippen molar-refractivity contribution in [2.75, 3.05) is 0 Å². The fourth-order valence-electron chi connectivity index (χ4n) is 3.93. The van der Waals surface area contributed by atoms with Crippen LogP contribution in [0.4, 0.5) is 0 Å². The fourth-order valence-corrected chi connectivity index (χ4v) is 6.18. The Kier molecular flexibility index (Phi) is 7.47. The summed E-state index contributed by atoms with van der Waals surface area (Å²) in [6.07, 6.45) is 2.19. The first-order chi connectivity index (χ1) is 15.5. The molecular weight excluding hydrogens is 499 g/mol. The van der Waals surface area contributed by atoms with Crippen molar-refractivity contribution >= 4 is 0 Å². The average Bonchev–Trinajstić information content (AvgIpc) is 2.80. The van der Waals surface area contributed by atoms with E-state index in [1.807, 2.05) is 0 Å². The van der Waals surface area contributed by atoms with Gasteiger partial charge in [0.15, 0.2) is 0 Å². The van der Waals surface area contributed by atoms with Crippen LogP contribution in [0.3, 0.4) is 0 Å². The third-order valence-electron chi connectivity index (χ3n) is 6.28. The molecule has 0 N–H and O–H groups in total. The Hall–Kier alpha value is -2.39. The van der Waals surface area contributed by atoms with Crippen LogP contribution in [0.15, 0.2) is 84.9 Å². The summed E-state index contributed by atoms with van der Waals surface area (Å²) in [7, 11) is 0. The second-order valence-corrected chi connectivity index (χ2v) is 11.6. The summed E-state index contributed by atoms with van der Waals surface area (Å²) in [6.45, 7) is 8.76. The zero-order valence-corrected chi connectivity index (χ0v) is 21.7. The molecular formula is C31H32I-. The first kappa shape index (κ1) is 22.8. The second kappa shape index (κ2) is 10.5. The van der Waals surface area contributed by atoms with Crippen molar-refractivity contribution in [3.8, 4) is 11.1 Å². The predicted octanol–water partition coefficient (Wildman–Crippen LogP) is 4.83. The molecule has 0 unspecified atom stereocenters. The Morgan fingerprint density at radius 3 is 1.81 bits per heavy atom. The Balaban J connectivity index is 1.34. The van der Waals surface area contributed by atoms with Crippen molar-refractivity contribution < 1.29 is 21.2 Å². The monoisotopic (exact) mass is 531 g/mol. The van der Waals surface area contributed by atoms with Crippen LogP contribution in [-0.4, -0.2) is 0 Å². The summed E-state index contributed by atoms with van der Waals surface area (Å²) in [5.74, 6) is 0. The molecule has 164 valence electrons. The minimum absolute atomic E-state index is 0.0489. The topological polar surface area (TPSA) is 0 Å². The summed E-state index contributed by atoms with van der Waals surface area (Å²) in [5, 5.41) is 0. The van der Waals surface area contributed by atoms with Gasteiger partial charge in [-0.25, -0.2) is 0 Å². The van der Waals surface area contributed by atoms with Crippen LogP contribution in [0.2, 0.25) is 0 Å². The molecule has 0 aliphatic rings. The van der Waals surface area contributed by atoms with Crippen LogP contribution in [0.5, 0.6) is 0 Å². The van der Waals surface area contributed by atoms with Crippen LogP contribution in [-0.2, 0) is 17.3 Å². The van der Waals surface area contributed by atoms with Gasteiger partial charge in [0.25, 0.3) is 0 Å². The Morgan fingerprint density at radius 2 is 1.16 bits per heavy atom. The van der Waals surface area contributed by atoms with E-state index in [2.05, 4.69) is 113 Å². The first-order valence-electron chi connectivity index (χ1n) is 11.4. The second-order valence-electron chi connectivity index (χ2n) is 8.82. The van der Waals surface area contributed by atoms with E-state index in [4.69, 9.17) is 0 Å². The molecule has 4 rings (SSSR count). The van der Waals surface area contributed by atoms with Gasteiger partial charge in [0, 0.05) is 0 Å². The van der Waals surface area contributed by atoms with E-state index >= 15 is 0 Å². The van der Waals surface area contributed by atoms with Crippen LogP contribution < -0.4 is 21.2 Å². The Labute approximate surface area is 204 Å². The van der Waals surface area contributed by atoms with Crippen LogP contribution in [0, 0.1) is 31.3 Å². The minimum atomic E-state index is 0.0489. The van der Waals surface area contributed by atoms with Crippen molar-refractivity contribution in [2.45, 2.75) is 45.0 Å². The van der Waals surface area contributed by atoms with Gasteiger partial charge in [0.05, 0.1) is 0 Å². The average molecular weight is 532 g/mol. The number of hydrogen-bond donors (Lipinski definition) is 0. The first-order valence-corrected chi connectivity index (χ1v) is 14.0. The molecule has 0 aliphatic heterocycles. The molecule has 32 heavy (non-hydrogen) atoms. The molecule has 0 atom stereocenters. The van der Waals surface area contributed by atoms with Crippen molar-refractivity contribution in [3.05, 3.63) is 127 Å².